The summed E-state index contributed by atoms with van der Waals surface area (Å²) in [6.07, 6.45) is 3.20. The highest BCUT2D eigenvalue weighted by Crippen LogP contribution is 2.29. The number of aromatic amines is 1. The molecule has 4 heterocycles. The second kappa shape index (κ2) is 5.43. The van der Waals surface area contributed by atoms with E-state index in [1.54, 1.807) is 36.7 Å². The van der Waals surface area contributed by atoms with Gasteiger partial charge >= 0.3 is 0 Å². The lowest BCUT2D eigenvalue weighted by Gasteiger charge is -2.05. The molecule has 0 saturated carbocycles. The van der Waals surface area contributed by atoms with E-state index in [1.807, 2.05) is 12.1 Å². The monoisotopic (exact) mass is 359 g/mol. The largest absolute Gasteiger partial charge is 0.411 e. The van der Waals surface area contributed by atoms with Crippen molar-refractivity contribution in [2.24, 2.45) is 0 Å². The number of pyridine rings is 1. The van der Waals surface area contributed by atoms with Crippen molar-refractivity contribution in [3.8, 4) is 22.5 Å². The Kier molecular flexibility index (Phi) is 3.04. The summed E-state index contributed by atoms with van der Waals surface area (Å²) in [6.45, 7) is 0. The van der Waals surface area contributed by atoms with Gasteiger partial charge in [-0.05, 0) is 29.8 Å². The molecule has 0 saturated heterocycles. The first-order valence-electron chi connectivity index (χ1n) is 8.12. The average molecular weight is 359 g/mol. The van der Waals surface area contributed by atoms with Gasteiger partial charge in [0.05, 0.1) is 23.1 Å². The fourth-order valence-electron chi connectivity index (χ4n) is 3.16. The van der Waals surface area contributed by atoms with Gasteiger partial charge in [0.15, 0.2) is 5.82 Å². The van der Waals surface area contributed by atoms with Crippen molar-refractivity contribution in [2.45, 2.75) is 0 Å². The number of H-pyrrole nitrogens is 1. The van der Waals surface area contributed by atoms with E-state index in [0.717, 1.165) is 15.8 Å². The number of hydrogen-bond donors (Lipinski definition) is 3. The maximum atomic E-state index is 12.6. The zero-order valence-corrected chi connectivity index (χ0v) is 13.9. The highest BCUT2D eigenvalue weighted by molar-refractivity contribution is 5.87. The van der Waals surface area contributed by atoms with Gasteiger partial charge in [-0.2, -0.15) is 4.52 Å². The van der Waals surface area contributed by atoms with Gasteiger partial charge in [-0.25, -0.2) is 0 Å². The summed E-state index contributed by atoms with van der Waals surface area (Å²) in [4.78, 5) is 20.9. The minimum absolute atomic E-state index is 0.219. The molecular formula is C18H13N7O2. The maximum absolute atomic E-state index is 12.6. The van der Waals surface area contributed by atoms with Gasteiger partial charge in [0.2, 0.25) is 0 Å². The first-order valence-corrected chi connectivity index (χ1v) is 8.12. The Labute approximate surface area is 151 Å². The van der Waals surface area contributed by atoms with Crippen LogP contribution < -0.4 is 11.3 Å². The van der Waals surface area contributed by atoms with Crippen molar-refractivity contribution in [1.29, 1.82) is 0 Å². The molecule has 4 N–H and O–H groups in total. The van der Waals surface area contributed by atoms with Gasteiger partial charge < -0.3 is 15.9 Å². The molecule has 4 aromatic heterocycles. The molecule has 9 nitrogen and oxygen atoms in total. The third kappa shape index (κ3) is 2.25. The van der Waals surface area contributed by atoms with E-state index >= 15 is 0 Å². The number of rotatable bonds is 2. The van der Waals surface area contributed by atoms with Crippen LogP contribution in [-0.4, -0.2) is 34.7 Å². The first kappa shape index (κ1) is 15.1. The van der Waals surface area contributed by atoms with Crippen LogP contribution in [0.1, 0.15) is 0 Å². The lowest BCUT2D eigenvalue weighted by atomic mass is 10.1. The Morgan fingerprint density at radius 1 is 1.15 bits per heavy atom. The zero-order valence-electron chi connectivity index (χ0n) is 13.9. The maximum Gasteiger partial charge on any atom is 0.274 e. The van der Waals surface area contributed by atoms with Gasteiger partial charge in [0, 0.05) is 17.6 Å². The number of nitrogens with one attached hydrogen (secondary N) is 1. The summed E-state index contributed by atoms with van der Waals surface area (Å²) in [7, 11) is 0. The van der Waals surface area contributed by atoms with Crippen LogP contribution in [0.15, 0.2) is 59.7 Å². The van der Waals surface area contributed by atoms with E-state index in [4.69, 9.17) is 5.73 Å². The predicted octanol–water partition coefficient (Wildman–Crippen LogP) is 1.92. The quantitative estimate of drug-likeness (QED) is 0.413. The SMILES string of the molecule is Nc1nn2c(=O)cc(-c3ccc4c(cnn4O)c3)[nH]c2c1-c1ccccn1. The van der Waals surface area contributed by atoms with E-state index in [1.165, 1.54) is 10.6 Å². The van der Waals surface area contributed by atoms with Crippen molar-refractivity contribution >= 4 is 22.4 Å². The fraction of sp³-hybridized carbons (Fsp3) is 0. The van der Waals surface area contributed by atoms with Crippen LogP contribution in [0, 0.1) is 0 Å². The number of anilines is 1. The molecule has 5 rings (SSSR count). The third-order valence-corrected chi connectivity index (χ3v) is 4.42. The van der Waals surface area contributed by atoms with Gasteiger partial charge in [0.25, 0.3) is 5.56 Å². The number of nitrogen functional groups attached to an aromatic ring is 1. The first-order chi connectivity index (χ1) is 13.1. The van der Waals surface area contributed by atoms with E-state index in [-0.39, 0.29) is 11.4 Å². The molecule has 0 amide bonds. The number of nitrogens with zero attached hydrogens (tertiary/aromatic N) is 5. The van der Waals surface area contributed by atoms with Crippen LogP contribution in [0.25, 0.3) is 39.1 Å². The molecule has 0 bridgehead atoms. The Morgan fingerprint density at radius 2 is 2.04 bits per heavy atom. The van der Waals surface area contributed by atoms with Crippen LogP contribution in [0.4, 0.5) is 5.82 Å². The molecule has 1 aromatic carbocycles. The van der Waals surface area contributed by atoms with Crippen LogP contribution in [-0.2, 0) is 0 Å². The second-order valence-corrected chi connectivity index (χ2v) is 6.06. The van der Waals surface area contributed by atoms with Crippen molar-refractivity contribution in [2.75, 3.05) is 5.73 Å². The van der Waals surface area contributed by atoms with Crippen LogP contribution in [0.3, 0.4) is 0 Å². The van der Waals surface area contributed by atoms with E-state index in [9.17, 15) is 10.0 Å². The molecule has 0 spiro atoms. The Bertz CT molecular complexity index is 1370. The van der Waals surface area contributed by atoms with Crippen LogP contribution in [0.5, 0.6) is 0 Å². The van der Waals surface area contributed by atoms with Crippen LogP contribution >= 0.6 is 0 Å². The lowest BCUT2D eigenvalue weighted by molar-refractivity contribution is 0.161. The van der Waals surface area contributed by atoms with Crippen molar-refractivity contribution in [3.63, 3.8) is 0 Å². The Hall–Kier alpha value is -4.14. The fourth-order valence-corrected chi connectivity index (χ4v) is 3.16. The Morgan fingerprint density at radius 3 is 2.85 bits per heavy atom. The van der Waals surface area contributed by atoms with Gasteiger partial charge in [-0.15, -0.1) is 15.0 Å². The number of fused-ring (bicyclic) bond motifs is 2. The predicted molar refractivity (Wildman–Crippen MR) is 99.4 cm³/mol. The summed E-state index contributed by atoms with van der Waals surface area (Å²) < 4.78 is 1.23. The van der Waals surface area contributed by atoms with E-state index in [0.29, 0.717) is 28.1 Å². The van der Waals surface area contributed by atoms with Gasteiger partial charge in [-0.3, -0.25) is 9.78 Å². The topological polar surface area (TPSA) is 127 Å². The minimum Gasteiger partial charge on any atom is -0.411 e. The van der Waals surface area contributed by atoms with Crippen LogP contribution in [0.2, 0.25) is 0 Å². The molecule has 5 aromatic rings. The average Bonchev–Trinajstić information content (AvgIpc) is 3.22. The van der Waals surface area contributed by atoms with Crippen molar-refractivity contribution < 1.29 is 5.21 Å². The summed E-state index contributed by atoms with van der Waals surface area (Å²) in [5.74, 6) is 0.219. The third-order valence-electron chi connectivity index (χ3n) is 4.42. The molecule has 132 valence electrons. The normalized spacial score (nSPS) is 11.4. The van der Waals surface area contributed by atoms with Gasteiger partial charge in [0.1, 0.15) is 11.2 Å². The van der Waals surface area contributed by atoms with E-state index in [2.05, 4.69) is 20.2 Å². The number of hydrogen-bond acceptors (Lipinski definition) is 6. The standard InChI is InChI=1S/C18H13N7O2/c19-17-16(12-3-1-2-6-20-12)18-22-13(8-15(26)24(18)23-17)10-4-5-14-11(7-10)9-21-25(14)27/h1-9,22,27H,(H2,19,23). The highest BCUT2D eigenvalue weighted by atomic mass is 16.5. The van der Waals surface area contributed by atoms with Crippen molar-refractivity contribution in [1.82, 2.24) is 29.5 Å². The zero-order chi connectivity index (χ0) is 18.5. The number of aromatic nitrogens is 6. The summed E-state index contributed by atoms with van der Waals surface area (Å²) in [5.41, 5.74) is 9.32. The van der Waals surface area contributed by atoms with E-state index < -0.39 is 0 Å². The number of nitrogens with two attached hydrogens (primary N) is 1. The molecule has 9 heteroatoms. The number of benzene rings is 1. The molecule has 27 heavy (non-hydrogen) atoms. The molecule has 0 fully saturated rings. The molecule has 0 radical (unpaired) electrons. The summed E-state index contributed by atoms with van der Waals surface area (Å²) in [5, 5.41) is 18.3. The van der Waals surface area contributed by atoms with Gasteiger partial charge in [-0.1, -0.05) is 12.1 Å². The molecular weight excluding hydrogens is 346 g/mol. The highest BCUT2D eigenvalue weighted by Gasteiger charge is 2.17. The van der Waals surface area contributed by atoms with Crippen molar-refractivity contribution in [3.05, 3.63) is 65.2 Å². The molecule has 0 aliphatic carbocycles. The molecule has 0 atom stereocenters. The Balaban J connectivity index is 1.77. The minimum atomic E-state index is -0.314. The lowest BCUT2D eigenvalue weighted by Crippen LogP contribution is -2.14. The second-order valence-electron chi connectivity index (χ2n) is 6.06. The molecule has 0 aliphatic heterocycles. The molecule has 0 aliphatic rings. The summed E-state index contributed by atoms with van der Waals surface area (Å²) >= 11 is 0. The molecule has 0 unspecified atom stereocenters. The smallest absolute Gasteiger partial charge is 0.274 e. The summed E-state index contributed by atoms with van der Waals surface area (Å²) in [6, 6.07) is 12.2.